The summed E-state index contributed by atoms with van der Waals surface area (Å²) in [6.07, 6.45) is 0. The molecule has 7 heteroatoms. The lowest BCUT2D eigenvalue weighted by atomic mass is 10.1. The van der Waals surface area contributed by atoms with E-state index in [0.29, 0.717) is 33.8 Å². The lowest BCUT2D eigenvalue weighted by Gasteiger charge is -2.14. The smallest absolute Gasteiger partial charge is 0.257 e. The Hall–Kier alpha value is -2.60. The first-order valence-electron chi connectivity index (χ1n) is 8.30. The van der Waals surface area contributed by atoms with Crippen molar-refractivity contribution < 1.29 is 13.7 Å². The second-order valence-electron chi connectivity index (χ2n) is 6.43. The van der Waals surface area contributed by atoms with E-state index < -0.39 is 0 Å². The summed E-state index contributed by atoms with van der Waals surface area (Å²) in [5.74, 6) is 2.09. The monoisotopic (exact) mass is 373 g/mol. The van der Waals surface area contributed by atoms with Crippen molar-refractivity contribution in [1.82, 2.24) is 15.0 Å². The molecule has 0 aliphatic rings. The van der Waals surface area contributed by atoms with E-state index in [1.807, 2.05) is 32.0 Å². The Morgan fingerprint density at radius 3 is 2.69 bits per heavy atom. The van der Waals surface area contributed by atoms with Crippen LogP contribution in [0, 0.1) is 6.92 Å². The number of carbonyl (C=O) groups excluding carboxylic acids is 1. The topological polar surface area (TPSA) is 72.4 Å². The van der Waals surface area contributed by atoms with Crippen molar-refractivity contribution in [1.29, 1.82) is 0 Å². The van der Waals surface area contributed by atoms with E-state index >= 15 is 0 Å². The average molecular weight is 374 g/mol. The van der Waals surface area contributed by atoms with Crippen LogP contribution in [-0.2, 0) is 6.54 Å². The number of carbonyl (C=O) groups is 1. The van der Waals surface area contributed by atoms with Crippen LogP contribution in [0.5, 0.6) is 0 Å². The van der Waals surface area contributed by atoms with Crippen LogP contribution in [0.15, 0.2) is 39.3 Å². The molecule has 3 aromatic rings. The summed E-state index contributed by atoms with van der Waals surface area (Å²) >= 11 is 6.22. The van der Waals surface area contributed by atoms with E-state index in [4.69, 9.17) is 20.5 Å². The molecule has 0 N–H and O–H groups in total. The van der Waals surface area contributed by atoms with Gasteiger partial charge < -0.3 is 13.8 Å². The van der Waals surface area contributed by atoms with Crippen molar-refractivity contribution >= 4 is 17.5 Å². The minimum absolute atomic E-state index is 0.145. The molecule has 0 atom stereocenters. The highest BCUT2D eigenvalue weighted by atomic mass is 35.5. The molecule has 0 spiro atoms. The van der Waals surface area contributed by atoms with Gasteiger partial charge in [0.25, 0.3) is 5.91 Å². The van der Waals surface area contributed by atoms with Gasteiger partial charge in [-0.3, -0.25) is 4.79 Å². The maximum atomic E-state index is 12.8. The molecule has 0 unspecified atom stereocenters. The number of nitrogens with zero attached hydrogens (tertiary/aromatic N) is 3. The Morgan fingerprint density at radius 1 is 1.31 bits per heavy atom. The predicted octanol–water partition coefficient (Wildman–Crippen LogP) is 4.69. The molecular weight excluding hydrogens is 354 g/mol. The van der Waals surface area contributed by atoms with Gasteiger partial charge in [0.15, 0.2) is 5.82 Å². The van der Waals surface area contributed by atoms with Gasteiger partial charge in [-0.2, -0.15) is 4.98 Å². The molecule has 0 radical (unpaired) electrons. The highest BCUT2D eigenvalue weighted by Crippen LogP contribution is 2.31. The summed E-state index contributed by atoms with van der Waals surface area (Å²) in [6.45, 7) is 5.95. The molecule has 0 bridgehead atoms. The van der Waals surface area contributed by atoms with Gasteiger partial charge >= 0.3 is 0 Å². The molecule has 0 saturated carbocycles. The molecule has 2 heterocycles. The minimum atomic E-state index is -0.180. The number of aryl methyl sites for hydroxylation is 1. The third kappa shape index (κ3) is 3.65. The highest BCUT2D eigenvalue weighted by molar-refractivity contribution is 6.33. The zero-order valence-corrected chi connectivity index (χ0v) is 15.9. The van der Waals surface area contributed by atoms with Gasteiger partial charge in [-0.15, -0.1) is 0 Å². The van der Waals surface area contributed by atoms with E-state index in [-0.39, 0.29) is 18.4 Å². The average Bonchev–Trinajstić information content (AvgIpc) is 3.21. The summed E-state index contributed by atoms with van der Waals surface area (Å²) in [7, 11) is 1.69. The van der Waals surface area contributed by atoms with Crippen LogP contribution in [0.3, 0.4) is 0 Å². The van der Waals surface area contributed by atoms with E-state index in [9.17, 15) is 4.79 Å². The van der Waals surface area contributed by atoms with Gasteiger partial charge in [-0.25, -0.2) is 0 Å². The molecule has 0 aliphatic carbocycles. The van der Waals surface area contributed by atoms with E-state index in [0.717, 1.165) is 5.56 Å². The van der Waals surface area contributed by atoms with E-state index in [2.05, 4.69) is 10.1 Å². The van der Waals surface area contributed by atoms with Crippen molar-refractivity contribution in [2.24, 2.45) is 0 Å². The van der Waals surface area contributed by atoms with Crippen LogP contribution < -0.4 is 0 Å². The number of rotatable bonds is 5. The molecule has 1 amide bonds. The van der Waals surface area contributed by atoms with Crippen LogP contribution in [0.1, 0.15) is 47.6 Å². The number of benzene rings is 1. The van der Waals surface area contributed by atoms with Crippen LogP contribution in [0.25, 0.3) is 11.3 Å². The van der Waals surface area contributed by atoms with Gasteiger partial charge in [-0.05, 0) is 25.1 Å². The standard InChI is InChI=1S/C19H20ClN3O3/c1-11(2)18-21-17(22-26-18)10-23(4)19(24)14-9-16(25-12(14)3)13-7-5-6-8-15(13)20/h5-9,11H,10H2,1-4H3. The molecule has 1 aromatic carbocycles. The summed E-state index contributed by atoms with van der Waals surface area (Å²) in [5.41, 5.74) is 1.23. The maximum absolute atomic E-state index is 12.8. The fourth-order valence-electron chi connectivity index (χ4n) is 2.54. The van der Waals surface area contributed by atoms with Gasteiger partial charge in [0.05, 0.1) is 17.1 Å². The Morgan fingerprint density at radius 2 is 2.04 bits per heavy atom. The van der Waals surface area contributed by atoms with Crippen LogP contribution >= 0.6 is 11.6 Å². The van der Waals surface area contributed by atoms with Crippen molar-refractivity contribution in [3.8, 4) is 11.3 Å². The Balaban J connectivity index is 1.80. The molecule has 0 aliphatic heterocycles. The third-order valence-corrected chi connectivity index (χ3v) is 4.32. The number of amides is 1. The molecule has 136 valence electrons. The molecule has 0 fully saturated rings. The first-order valence-corrected chi connectivity index (χ1v) is 8.68. The number of furan rings is 1. The number of hydrogen-bond donors (Lipinski definition) is 0. The first kappa shape index (κ1) is 18.2. The molecule has 6 nitrogen and oxygen atoms in total. The van der Waals surface area contributed by atoms with Crippen LogP contribution in [0.2, 0.25) is 5.02 Å². The van der Waals surface area contributed by atoms with Gasteiger partial charge in [0, 0.05) is 18.5 Å². The predicted molar refractivity (Wildman–Crippen MR) is 98.1 cm³/mol. The summed E-state index contributed by atoms with van der Waals surface area (Å²) in [5, 5.41) is 4.49. The second kappa shape index (κ2) is 7.33. The van der Waals surface area contributed by atoms with Crippen LogP contribution in [0.4, 0.5) is 0 Å². The third-order valence-electron chi connectivity index (χ3n) is 3.99. The maximum Gasteiger partial charge on any atom is 0.257 e. The highest BCUT2D eigenvalue weighted by Gasteiger charge is 2.22. The zero-order valence-electron chi connectivity index (χ0n) is 15.1. The quantitative estimate of drug-likeness (QED) is 0.648. The Kier molecular flexibility index (Phi) is 5.13. The number of aromatic nitrogens is 2. The molecule has 0 saturated heterocycles. The first-order chi connectivity index (χ1) is 12.4. The van der Waals surface area contributed by atoms with Crippen molar-refractivity contribution in [2.45, 2.75) is 33.2 Å². The van der Waals surface area contributed by atoms with E-state index in [1.165, 1.54) is 4.90 Å². The molecule has 26 heavy (non-hydrogen) atoms. The number of hydrogen-bond acceptors (Lipinski definition) is 5. The molecular formula is C19H20ClN3O3. The normalized spacial score (nSPS) is 11.2. The van der Waals surface area contributed by atoms with Crippen molar-refractivity contribution in [3.63, 3.8) is 0 Å². The molecule has 3 rings (SSSR count). The zero-order chi connectivity index (χ0) is 18.8. The van der Waals surface area contributed by atoms with Crippen molar-refractivity contribution in [3.05, 3.63) is 58.4 Å². The van der Waals surface area contributed by atoms with Gasteiger partial charge in [-0.1, -0.05) is 42.7 Å². The number of halogens is 1. The van der Waals surface area contributed by atoms with E-state index in [1.54, 1.807) is 26.1 Å². The summed E-state index contributed by atoms with van der Waals surface area (Å²) in [6, 6.07) is 9.06. The van der Waals surface area contributed by atoms with Gasteiger partial charge in [0.2, 0.25) is 5.89 Å². The lowest BCUT2D eigenvalue weighted by molar-refractivity contribution is 0.0779. The largest absolute Gasteiger partial charge is 0.460 e. The summed E-state index contributed by atoms with van der Waals surface area (Å²) < 4.78 is 10.9. The van der Waals surface area contributed by atoms with Gasteiger partial charge in [0.1, 0.15) is 11.5 Å². The lowest BCUT2D eigenvalue weighted by Crippen LogP contribution is -2.26. The summed E-state index contributed by atoms with van der Waals surface area (Å²) in [4.78, 5) is 18.6. The Labute approximate surface area is 156 Å². The van der Waals surface area contributed by atoms with Crippen molar-refractivity contribution in [2.75, 3.05) is 7.05 Å². The minimum Gasteiger partial charge on any atom is -0.460 e. The van der Waals surface area contributed by atoms with Crippen LogP contribution in [-0.4, -0.2) is 28.0 Å². The fourth-order valence-corrected chi connectivity index (χ4v) is 2.77. The second-order valence-corrected chi connectivity index (χ2v) is 6.83. The SMILES string of the molecule is Cc1oc(-c2ccccc2Cl)cc1C(=O)N(C)Cc1noc(C(C)C)n1. The molecule has 2 aromatic heterocycles. The Bertz CT molecular complexity index is 930. The fraction of sp³-hybridized carbons (Fsp3) is 0.316.